The molecule has 4 nitrogen and oxygen atoms in total. The smallest absolute Gasteiger partial charge is 0.342 e. The van der Waals surface area contributed by atoms with E-state index in [9.17, 15) is 14.3 Å². The van der Waals surface area contributed by atoms with Gasteiger partial charge in [0, 0.05) is 0 Å². The fourth-order valence-electron chi connectivity index (χ4n) is 1.32. The molecule has 0 aliphatic carbocycles. The molecule has 1 unspecified atom stereocenters. The molecule has 7 heteroatoms. The molecule has 0 amide bonds. The third-order valence-corrected chi connectivity index (χ3v) is 3.46. The number of benzene rings is 1. The van der Waals surface area contributed by atoms with Crippen LogP contribution in [-0.2, 0) is 9.53 Å². The van der Waals surface area contributed by atoms with Crippen molar-refractivity contribution in [3.63, 3.8) is 0 Å². The first-order valence-corrected chi connectivity index (χ1v) is 6.71. The Morgan fingerprint density at radius 3 is 2.44 bits per heavy atom. The van der Waals surface area contributed by atoms with E-state index in [1.165, 1.54) is 12.1 Å². The lowest BCUT2D eigenvalue weighted by molar-refractivity contribution is -0.149. The summed E-state index contributed by atoms with van der Waals surface area (Å²) in [6.45, 7) is 1.68. The molecule has 0 bridgehead atoms. The number of esters is 1. The molecule has 1 rings (SSSR count). The fraction of sp³-hybridized carbons (Fsp3) is 0.364. The van der Waals surface area contributed by atoms with Crippen LogP contribution in [0.3, 0.4) is 0 Å². The Balaban J connectivity index is 2.97. The first kappa shape index (κ1) is 15.4. The number of ether oxygens (including phenoxy) is 1. The van der Waals surface area contributed by atoms with Gasteiger partial charge in [0.2, 0.25) is 6.17 Å². The van der Waals surface area contributed by atoms with Crippen molar-refractivity contribution in [3.8, 4) is 5.75 Å². The van der Waals surface area contributed by atoms with Gasteiger partial charge in [0.05, 0.1) is 21.6 Å². The summed E-state index contributed by atoms with van der Waals surface area (Å²) in [5, 5.41) is 9.52. The number of hydrogen-bond donors (Lipinski definition) is 2. The van der Waals surface area contributed by atoms with Gasteiger partial charge in [0.15, 0.2) is 0 Å². The number of hydrogen-bond acceptors (Lipinski definition) is 4. The SMILES string of the molecule is CCOC(=O)C(F)[C@@H](N)c1cc(Br)c(O)c(Br)c1. The Hall–Kier alpha value is -0.660. The monoisotopic (exact) mass is 383 g/mol. The van der Waals surface area contributed by atoms with Gasteiger partial charge in [-0.1, -0.05) is 0 Å². The lowest BCUT2D eigenvalue weighted by Gasteiger charge is -2.17. The number of rotatable bonds is 4. The lowest BCUT2D eigenvalue weighted by atomic mass is 10.0. The van der Waals surface area contributed by atoms with Crippen molar-refractivity contribution in [1.82, 2.24) is 0 Å². The summed E-state index contributed by atoms with van der Waals surface area (Å²) < 4.78 is 19.0. The van der Waals surface area contributed by atoms with E-state index in [-0.39, 0.29) is 12.4 Å². The van der Waals surface area contributed by atoms with Crippen LogP contribution in [0.15, 0.2) is 21.1 Å². The lowest BCUT2D eigenvalue weighted by Crippen LogP contribution is -2.31. The maximum atomic E-state index is 13.7. The number of carbonyl (C=O) groups is 1. The van der Waals surface area contributed by atoms with E-state index in [0.717, 1.165) is 0 Å². The minimum atomic E-state index is -1.95. The van der Waals surface area contributed by atoms with Crippen LogP contribution in [0.2, 0.25) is 0 Å². The van der Waals surface area contributed by atoms with Gasteiger partial charge in [-0.2, -0.15) is 0 Å². The number of nitrogens with two attached hydrogens (primary N) is 1. The first-order valence-electron chi connectivity index (χ1n) is 5.12. The Bertz CT molecular complexity index is 433. The van der Waals surface area contributed by atoms with Crippen LogP contribution in [-0.4, -0.2) is 23.9 Å². The Morgan fingerprint density at radius 2 is 2.00 bits per heavy atom. The van der Waals surface area contributed by atoms with Crippen LogP contribution in [0.5, 0.6) is 5.75 Å². The average molecular weight is 385 g/mol. The van der Waals surface area contributed by atoms with Gasteiger partial charge >= 0.3 is 5.97 Å². The Labute approximate surface area is 121 Å². The van der Waals surface area contributed by atoms with Crippen LogP contribution >= 0.6 is 31.9 Å². The number of aromatic hydroxyl groups is 1. The minimum Gasteiger partial charge on any atom is -0.506 e. The maximum Gasteiger partial charge on any atom is 0.342 e. The number of phenolic OH excluding ortho intramolecular Hbond substituents is 1. The van der Waals surface area contributed by atoms with Gasteiger partial charge in [-0.15, -0.1) is 0 Å². The van der Waals surface area contributed by atoms with Gasteiger partial charge in [0.1, 0.15) is 5.75 Å². The van der Waals surface area contributed by atoms with E-state index >= 15 is 0 Å². The molecule has 100 valence electrons. The maximum absolute atomic E-state index is 13.7. The van der Waals surface area contributed by atoms with Crippen LogP contribution in [0.25, 0.3) is 0 Å². The average Bonchev–Trinajstić information content (AvgIpc) is 2.33. The largest absolute Gasteiger partial charge is 0.506 e. The van der Waals surface area contributed by atoms with Gasteiger partial charge < -0.3 is 15.6 Å². The zero-order valence-electron chi connectivity index (χ0n) is 9.49. The summed E-state index contributed by atoms with van der Waals surface area (Å²) in [4.78, 5) is 11.2. The minimum absolute atomic E-state index is 0.0162. The number of carbonyl (C=O) groups excluding carboxylic acids is 1. The Morgan fingerprint density at radius 1 is 1.50 bits per heavy atom. The molecule has 0 aliphatic heterocycles. The molecule has 0 saturated carbocycles. The molecule has 0 aliphatic rings. The van der Waals surface area contributed by atoms with Gasteiger partial charge in [-0.3, -0.25) is 0 Å². The zero-order chi connectivity index (χ0) is 13.9. The summed E-state index contributed by atoms with van der Waals surface area (Å²) in [7, 11) is 0. The molecule has 2 atom stereocenters. The highest BCUT2D eigenvalue weighted by atomic mass is 79.9. The molecule has 0 spiro atoms. The van der Waals surface area contributed by atoms with Crippen molar-refractivity contribution >= 4 is 37.8 Å². The second-order valence-electron chi connectivity index (χ2n) is 3.51. The molecule has 1 aromatic rings. The molecule has 1 aromatic carbocycles. The third kappa shape index (κ3) is 3.43. The molecule has 0 radical (unpaired) electrons. The van der Waals surface area contributed by atoms with Crippen molar-refractivity contribution in [2.24, 2.45) is 5.73 Å². The zero-order valence-corrected chi connectivity index (χ0v) is 12.7. The second kappa shape index (κ2) is 6.49. The van der Waals surface area contributed by atoms with Crippen molar-refractivity contribution in [2.75, 3.05) is 6.61 Å². The second-order valence-corrected chi connectivity index (χ2v) is 5.22. The molecule has 18 heavy (non-hydrogen) atoms. The van der Waals surface area contributed by atoms with Crippen molar-refractivity contribution in [2.45, 2.75) is 19.1 Å². The quantitative estimate of drug-likeness (QED) is 0.783. The molecule has 0 aromatic heterocycles. The van der Waals surface area contributed by atoms with Gasteiger partial charge in [0.25, 0.3) is 0 Å². The predicted octanol–water partition coefficient (Wildman–Crippen LogP) is 2.82. The van der Waals surface area contributed by atoms with E-state index < -0.39 is 18.2 Å². The Kier molecular flexibility index (Phi) is 5.55. The van der Waals surface area contributed by atoms with Crippen molar-refractivity contribution < 1.29 is 19.0 Å². The van der Waals surface area contributed by atoms with Crippen LogP contribution in [0.4, 0.5) is 4.39 Å². The van der Waals surface area contributed by atoms with Gasteiger partial charge in [-0.05, 0) is 56.5 Å². The molecular formula is C11H12Br2FNO3. The molecular weight excluding hydrogens is 373 g/mol. The topological polar surface area (TPSA) is 72.5 Å². The summed E-state index contributed by atoms with van der Waals surface area (Å²) in [5.41, 5.74) is 6.03. The van der Waals surface area contributed by atoms with Crippen molar-refractivity contribution in [1.29, 1.82) is 0 Å². The summed E-state index contributed by atoms with van der Waals surface area (Å²) in [6.07, 6.45) is -1.95. The third-order valence-electron chi connectivity index (χ3n) is 2.25. The number of halogens is 3. The highest BCUT2D eigenvalue weighted by molar-refractivity contribution is 9.11. The number of phenols is 1. The molecule has 0 heterocycles. The number of alkyl halides is 1. The summed E-state index contributed by atoms with van der Waals surface area (Å²) in [5.74, 6) is -1.01. The first-order chi connectivity index (χ1) is 8.38. The summed E-state index contributed by atoms with van der Waals surface area (Å²) >= 11 is 6.22. The van der Waals surface area contributed by atoms with E-state index in [4.69, 9.17) is 5.73 Å². The van der Waals surface area contributed by atoms with E-state index in [1.54, 1.807) is 6.92 Å². The molecule has 3 N–H and O–H groups in total. The highest BCUT2D eigenvalue weighted by Gasteiger charge is 2.28. The highest BCUT2D eigenvalue weighted by Crippen LogP contribution is 2.35. The van der Waals surface area contributed by atoms with Crippen LogP contribution in [0.1, 0.15) is 18.5 Å². The van der Waals surface area contributed by atoms with E-state index in [2.05, 4.69) is 36.6 Å². The summed E-state index contributed by atoms with van der Waals surface area (Å²) in [6, 6.07) is 1.75. The van der Waals surface area contributed by atoms with E-state index in [0.29, 0.717) is 14.5 Å². The van der Waals surface area contributed by atoms with Crippen LogP contribution < -0.4 is 5.73 Å². The fourth-order valence-corrected chi connectivity index (χ4v) is 2.54. The van der Waals surface area contributed by atoms with Gasteiger partial charge in [-0.25, -0.2) is 9.18 Å². The van der Waals surface area contributed by atoms with Crippen molar-refractivity contribution in [3.05, 3.63) is 26.6 Å². The van der Waals surface area contributed by atoms with E-state index in [1.807, 2.05) is 0 Å². The normalized spacial score (nSPS) is 14.1. The standard InChI is InChI=1S/C11H12Br2FNO3/c1-2-18-11(17)8(14)9(15)5-3-6(12)10(16)7(13)4-5/h3-4,8-9,16H,2,15H2,1H3/t8?,9-/m0/s1. The molecule has 0 fully saturated rings. The van der Waals surface area contributed by atoms with Crippen LogP contribution in [0, 0.1) is 0 Å². The predicted molar refractivity (Wildman–Crippen MR) is 72.0 cm³/mol. The molecule has 0 saturated heterocycles.